The molecular formula is C35H68N8. The molecule has 2 aliphatic heterocycles. The highest BCUT2D eigenvalue weighted by molar-refractivity contribution is 5.49. The molecule has 0 saturated carbocycles. The van der Waals surface area contributed by atoms with Gasteiger partial charge >= 0.3 is 0 Å². The van der Waals surface area contributed by atoms with E-state index in [1.54, 1.807) is 0 Å². The number of rotatable bonds is 13. The van der Waals surface area contributed by atoms with Crippen molar-refractivity contribution in [3.8, 4) is 0 Å². The second kappa shape index (κ2) is 13.8. The van der Waals surface area contributed by atoms with Crippen molar-refractivity contribution >= 4 is 17.8 Å². The molecule has 2 saturated heterocycles. The molecule has 0 radical (unpaired) electrons. The van der Waals surface area contributed by atoms with E-state index in [0.717, 1.165) is 82.5 Å². The fourth-order valence-corrected chi connectivity index (χ4v) is 6.86. The van der Waals surface area contributed by atoms with Crippen molar-refractivity contribution in [1.29, 1.82) is 0 Å². The first kappa shape index (κ1) is 35.8. The molecule has 1 aromatic heterocycles. The lowest BCUT2D eigenvalue weighted by Gasteiger charge is -2.46. The highest BCUT2D eigenvalue weighted by Gasteiger charge is 2.38. The zero-order valence-corrected chi connectivity index (χ0v) is 30.6. The minimum absolute atomic E-state index is 0.0793. The lowest BCUT2D eigenvalue weighted by atomic mass is 9.85. The molecule has 0 spiro atoms. The molecule has 2 unspecified atom stereocenters. The van der Waals surface area contributed by atoms with Gasteiger partial charge in [-0.2, -0.15) is 15.0 Å². The maximum Gasteiger partial charge on any atom is 0.232 e. The van der Waals surface area contributed by atoms with Crippen molar-refractivity contribution in [1.82, 2.24) is 25.6 Å². The van der Waals surface area contributed by atoms with Gasteiger partial charge in [-0.1, -0.05) is 41.5 Å². The Balaban J connectivity index is 2.26. The molecule has 3 heterocycles. The van der Waals surface area contributed by atoms with Crippen molar-refractivity contribution < 1.29 is 0 Å². The highest BCUT2D eigenvalue weighted by atomic mass is 15.4. The maximum absolute atomic E-state index is 5.48. The molecule has 0 amide bonds. The maximum atomic E-state index is 5.48. The third kappa shape index (κ3) is 9.66. The quantitative estimate of drug-likeness (QED) is 0.250. The van der Waals surface area contributed by atoms with Crippen molar-refractivity contribution in [2.45, 2.75) is 171 Å². The SMILES string of the molecule is CCC(C)(C)CN(c1nc(N(CC(C)(C)CC)C2CCNC(C)(C)C2)nc(N(C(C)C)C(C)C)n1)C1CCNC(C)(C)C1. The third-order valence-corrected chi connectivity index (χ3v) is 10.1. The van der Waals surface area contributed by atoms with E-state index in [9.17, 15) is 0 Å². The van der Waals surface area contributed by atoms with Gasteiger partial charge in [0.25, 0.3) is 0 Å². The van der Waals surface area contributed by atoms with Crippen LogP contribution >= 0.6 is 0 Å². The van der Waals surface area contributed by atoms with E-state index in [1.807, 2.05) is 0 Å². The third-order valence-electron chi connectivity index (χ3n) is 10.1. The molecule has 8 heteroatoms. The lowest BCUT2D eigenvalue weighted by Crippen LogP contribution is -2.56. The van der Waals surface area contributed by atoms with E-state index < -0.39 is 0 Å². The van der Waals surface area contributed by atoms with E-state index in [-0.39, 0.29) is 34.0 Å². The molecule has 2 N–H and O–H groups in total. The van der Waals surface area contributed by atoms with Crippen LogP contribution in [0, 0.1) is 10.8 Å². The number of hydrogen-bond acceptors (Lipinski definition) is 8. The molecule has 3 rings (SSSR count). The van der Waals surface area contributed by atoms with Gasteiger partial charge in [0.2, 0.25) is 17.8 Å². The molecule has 0 aromatic carbocycles. The Bertz CT molecular complexity index is 954. The van der Waals surface area contributed by atoms with Crippen LogP contribution in [-0.2, 0) is 0 Å². The Labute approximate surface area is 265 Å². The van der Waals surface area contributed by atoms with Gasteiger partial charge in [0.15, 0.2) is 0 Å². The molecule has 248 valence electrons. The molecule has 43 heavy (non-hydrogen) atoms. The molecule has 1 aromatic rings. The van der Waals surface area contributed by atoms with Gasteiger partial charge in [0.1, 0.15) is 0 Å². The van der Waals surface area contributed by atoms with E-state index in [1.165, 1.54) is 0 Å². The number of piperidine rings is 2. The Hall–Kier alpha value is -1.67. The van der Waals surface area contributed by atoms with Gasteiger partial charge in [0.05, 0.1) is 0 Å². The van der Waals surface area contributed by atoms with E-state index >= 15 is 0 Å². The average Bonchev–Trinajstić information content (AvgIpc) is 2.88. The minimum Gasteiger partial charge on any atom is -0.337 e. The van der Waals surface area contributed by atoms with Gasteiger partial charge in [-0.05, 0) is 118 Å². The van der Waals surface area contributed by atoms with Crippen molar-refractivity contribution in [3.05, 3.63) is 0 Å². The van der Waals surface area contributed by atoms with Crippen LogP contribution in [0.15, 0.2) is 0 Å². The monoisotopic (exact) mass is 601 g/mol. The minimum atomic E-state index is 0.0793. The summed E-state index contributed by atoms with van der Waals surface area (Å²) < 4.78 is 0. The van der Waals surface area contributed by atoms with Crippen LogP contribution in [-0.4, -0.2) is 76.4 Å². The van der Waals surface area contributed by atoms with Crippen molar-refractivity contribution in [2.75, 3.05) is 40.9 Å². The predicted molar refractivity (Wildman–Crippen MR) is 186 cm³/mol. The first-order valence-corrected chi connectivity index (χ1v) is 17.4. The summed E-state index contributed by atoms with van der Waals surface area (Å²) in [6.07, 6.45) is 6.52. The summed E-state index contributed by atoms with van der Waals surface area (Å²) in [5.74, 6) is 2.51. The molecule has 8 nitrogen and oxygen atoms in total. The molecule has 2 aliphatic rings. The molecule has 0 bridgehead atoms. The van der Waals surface area contributed by atoms with Gasteiger partial charge in [0, 0.05) is 48.3 Å². The number of nitrogens with zero attached hydrogens (tertiary/aromatic N) is 6. The largest absolute Gasteiger partial charge is 0.337 e. The molecule has 2 fully saturated rings. The van der Waals surface area contributed by atoms with Crippen LogP contribution in [0.1, 0.15) is 135 Å². The van der Waals surface area contributed by atoms with Crippen LogP contribution in [0.2, 0.25) is 0 Å². The predicted octanol–water partition coefficient (Wildman–Crippen LogP) is 7.04. The van der Waals surface area contributed by atoms with Gasteiger partial charge in [-0.3, -0.25) is 0 Å². The smallest absolute Gasteiger partial charge is 0.232 e. The summed E-state index contributed by atoms with van der Waals surface area (Å²) in [6.45, 7) is 36.4. The van der Waals surface area contributed by atoms with Crippen LogP contribution in [0.4, 0.5) is 17.8 Å². The number of hydrogen-bond donors (Lipinski definition) is 2. The van der Waals surface area contributed by atoms with Crippen molar-refractivity contribution in [2.24, 2.45) is 10.8 Å². The second-order valence-electron chi connectivity index (χ2n) is 17.0. The zero-order valence-electron chi connectivity index (χ0n) is 30.6. The Morgan fingerprint density at radius 1 is 0.674 bits per heavy atom. The lowest BCUT2D eigenvalue weighted by molar-refractivity contribution is 0.244. The first-order chi connectivity index (χ1) is 19.8. The van der Waals surface area contributed by atoms with Gasteiger partial charge in [-0.15, -0.1) is 0 Å². The normalized spacial score (nSPS) is 22.6. The number of nitrogens with one attached hydrogen (secondary N) is 2. The summed E-state index contributed by atoms with van der Waals surface area (Å²) >= 11 is 0. The Morgan fingerprint density at radius 3 is 1.33 bits per heavy atom. The van der Waals surface area contributed by atoms with Crippen LogP contribution in [0.5, 0.6) is 0 Å². The van der Waals surface area contributed by atoms with Crippen LogP contribution in [0.25, 0.3) is 0 Å². The van der Waals surface area contributed by atoms with Gasteiger partial charge in [-0.25, -0.2) is 0 Å². The summed E-state index contributed by atoms with van der Waals surface area (Å²) in [5, 5.41) is 7.48. The summed E-state index contributed by atoms with van der Waals surface area (Å²) in [6, 6.07) is 1.30. The fourth-order valence-electron chi connectivity index (χ4n) is 6.86. The highest BCUT2D eigenvalue weighted by Crippen LogP contribution is 2.35. The van der Waals surface area contributed by atoms with E-state index in [0.29, 0.717) is 12.1 Å². The van der Waals surface area contributed by atoms with Crippen LogP contribution < -0.4 is 25.3 Å². The number of anilines is 3. The van der Waals surface area contributed by atoms with Crippen molar-refractivity contribution in [3.63, 3.8) is 0 Å². The molecule has 0 aliphatic carbocycles. The fraction of sp³-hybridized carbons (Fsp3) is 0.914. The number of aromatic nitrogens is 3. The summed E-state index contributed by atoms with van der Waals surface area (Å²) in [5.41, 5.74) is 0.438. The average molecular weight is 601 g/mol. The zero-order chi connectivity index (χ0) is 32.4. The standard InChI is InChI=1S/C35H68N8/c1-15-32(7,8)23-41(27-17-19-36-34(11,12)21-27)29-38-30(40-31(39-29)43(25(3)4)26(5)6)42(24-33(9,10)16-2)28-18-20-37-35(13,14)22-28/h25-28,36-37H,15-24H2,1-14H3. The second-order valence-corrected chi connectivity index (χ2v) is 17.0. The first-order valence-electron chi connectivity index (χ1n) is 17.4. The van der Waals surface area contributed by atoms with Gasteiger partial charge < -0.3 is 25.3 Å². The Morgan fingerprint density at radius 2 is 1.02 bits per heavy atom. The summed E-state index contributed by atoms with van der Waals surface area (Å²) in [7, 11) is 0. The van der Waals surface area contributed by atoms with E-state index in [4.69, 9.17) is 15.0 Å². The topological polar surface area (TPSA) is 72.5 Å². The van der Waals surface area contributed by atoms with Crippen LogP contribution in [0.3, 0.4) is 0 Å². The summed E-state index contributed by atoms with van der Waals surface area (Å²) in [4.78, 5) is 23.7. The van der Waals surface area contributed by atoms with E-state index in [2.05, 4.69) is 122 Å². The molecule has 2 atom stereocenters. The molecular weight excluding hydrogens is 532 g/mol. The Kier molecular flexibility index (Phi) is 11.5.